The van der Waals surface area contributed by atoms with Gasteiger partial charge < -0.3 is 11.1 Å². The first kappa shape index (κ1) is 22.5. The topological polar surface area (TPSA) is 55.1 Å². The van der Waals surface area contributed by atoms with E-state index in [1.807, 2.05) is 52.8 Å². The zero-order chi connectivity index (χ0) is 20.6. The van der Waals surface area contributed by atoms with Gasteiger partial charge in [-0.25, -0.2) is 0 Å². The molecule has 0 aromatic heterocycles. The molecule has 2 rings (SSSR count). The fourth-order valence-corrected chi connectivity index (χ4v) is 3.14. The van der Waals surface area contributed by atoms with Crippen LogP contribution in [0.25, 0.3) is 5.57 Å². The number of aryl methyl sites for hydroxylation is 1. The molecule has 1 atom stereocenters. The third-order valence-electron chi connectivity index (χ3n) is 4.53. The average molecular weight is 367 g/mol. The molecule has 0 spiro atoms. The molecule has 0 aliphatic rings. The largest absolute Gasteiger partial charge is 0.399 e. The van der Waals surface area contributed by atoms with E-state index in [2.05, 4.69) is 43.4 Å². The quantitative estimate of drug-likeness (QED) is 0.643. The van der Waals surface area contributed by atoms with Crippen molar-refractivity contribution in [2.75, 3.05) is 5.73 Å². The first-order valence-electron chi connectivity index (χ1n) is 9.77. The highest BCUT2D eigenvalue weighted by Crippen LogP contribution is 2.28. The number of nitrogens with two attached hydrogens (primary N) is 1. The molecule has 2 aromatic carbocycles. The van der Waals surface area contributed by atoms with Crippen LogP contribution in [0, 0.1) is 6.92 Å². The maximum Gasteiger partial charge on any atom is 0.252 e. The number of benzene rings is 2. The van der Waals surface area contributed by atoms with E-state index >= 15 is 0 Å². The van der Waals surface area contributed by atoms with Crippen molar-refractivity contribution in [1.29, 1.82) is 0 Å². The lowest BCUT2D eigenvalue weighted by atomic mass is 9.89. The molecule has 0 fully saturated rings. The molecule has 27 heavy (non-hydrogen) atoms. The van der Waals surface area contributed by atoms with E-state index in [1.165, 1.54) is 11.1 Å². The molecule has 2 aromatic rings. The minimum Gasteiger partial charge on any atom is -0.399 e. The van der Waals surface area contributed by atoms with Crippen molar-refractivity contribution in [3.8, 4) is 0 Å². The number of anilines is 1. The summed E-state index contributed by atoms with van der Waals surface area (Å²) in [6, 6.07) is 13.7. The fraction of sp³-hybridized carbons (Fsp3) is 0.375. The number of nitrogen functional groups attached to an aromatic ring is 1. The van der Waals surface area contributed by atoms with Crippen molar-refractivity contribution in [2.45, 2.75) is 60.4 Å². The second-order valence-electron chi connectivity index (χ2n) is 6.76. The Morgan fingerprint density at radius 3 is 2.26 bits per heavy atom. The minimum atomic E-state index is -0.0989. The van der Waals surface area contributed by atoms with Gasteiger partial charge in [0.2, 0.25) is 0 Å². The average Bonchev–Trinajstić information content (AvgIpc) is 2.66. The number of carbonyl (C=O) groups is 1. The van der Waals surface area contributed by atoms with Crippen LogP contribution in [0.3, 0.4) is 0 Å². The third kappa shape index (κ3) is 5.72. The normalized spacial score (nSPS) is 12.2. The zero-order valence-corrected chi connectivity index (χ0v) is 17.8. The van der Waals surface area contributed by atoms with Crippen LogP contribution in [0.1, 0.15) is 74.5 Å². The van der Waals surface area contributed by atoms with Gasteiger partial charge in [0.15, 0.2) is 0 Å². The molecule has 3 heteroatoms. The van der Waals surface area contributed by atoms with Gasteiger partial charge in [0.25, 0.3) is 5.91 Å². The molecular weight excluding hydrogens is 332 g/mol. The second-order valence-corrected chi connectivity index (χ2v) is 6.76. The van der Waals surface area contributed by atoms with E-state index in [0.717, 1.165) is 11.1 Å². The molecule has 0 bridgehead atoms. The van der Waals surface area contributed by atoms with Crippen LogP contribution >= 0.6 is 0 Å². The first-order valence-corrected chi connectivity index (χ1v) is 9.77. The van der Waals surface area contributed by atoms with Crippen LogP contribution in [-0.2, 0) is 0 Å². The number of amides is 1. The standard InChI is InChI=1S/C22H28N2O.C2H6/c1-6-18(20-10-8-7-9-19(20)14(2)3)16(5)24-22(25)21-13-17(23)12-11-15(21)4;1-2/h6-14,16H,23H2,1-5H3,(H,24,25);1-2H3/b18-6-;. The van der Waals surface area contributed by atoms with Crippen molar-refractivity contribution in [3.05, 3.63) is 70.8 Å². The van der Waals surface area contributed by atoms with Gasteiger partial charge >= 0.3 is 0 Å². The van der Waals surface area contributed by atoms with Crippen molar-refractivity contribution in [2.24, 2.45) is 0 Å². The Bertz CT molecular complexity index is 791. The number of nitrogens with one attached hydrogen (secondary N) is 1. The van der Waals surface area contributed by atoms with Crippen LogP contribution < -0.4 is 11.1 Å². The molecular formula is C24H34N2O. The number of carbonyl (C=O) groups excluding carboxylic acids is 1. The molecule has 0 heterocycles. The Balaban J connectivity index is 0.00000176. The van der Waals surface area contributed by atoms with Gasteiger partial charge in [0, 0.05) is 11.3 Å². The Hall–Kier alpha value is -2.55. The lowest BCUT2D eigenvalue weighted by molar-refractivity contribution is 0.0947. The SMILES string of the molecule is C/C=C(\c1ccccc1C(C)C)C(C)NC(=O)c1cc(N)ccc1C.CC. The van der Waals surface area contributed by atoms with Crippen LogP contribution in [0.5, 0.6) is 0 Å². The molecule has 0 aliphatic heterocycles. The highest BCUT2D eigenvalue weighted by molar-refractivity contribution is 5.97. The van der Waals surface area contributed by atoms with Crippen molar-refractivity contribution in [1.82, 2.24) is 5.32 Å². The van der Waals surface area contributed by atoms with Gasteiger partial charge in [-0.05, 0) is 61.1 Å². The summed E-state index contributed by atoms with van der Waals surface area (Å²) in [5.41, 5.74) is 11.6. The van der Waals surface area contributed by atoms with Crippen LogP contribution in [0.4, 0.5) is 5.69 Å². The summed E-state index contributed by atoms with van der Waals surface area (Å²) in [4.78, 5) is 12.7. The van der Waals surface area contributed by atoms with Crippen molar-refractivity contribution < 1.29 is 4.79 Å². The number of hydrogen-bond acceptors (Lipinski definition) is 2. The van der Waals surface area contributed by atoms with E-state index in [1.54, 1.807) is 6.07 Å². The molecule has 3 nitrogen and oxygen atoms in total. The fourth-order valence-electron chi connectivity index (χ4n) is 3.14. The van der Waals surface area contributed by atoms with Gasteiger partial charge in [-0.3, -0.25) is 4.79 Å². The highest BCUT2D eigenvalue weighted by atomic mass is 16.1. The lowest BCUT2D eigenvalue weighted by Gasteiger charge is -2.22. The number of allylic oxidation sites excluding steroid dienone is 1. The van der Waals surface area contributed by atoms with Gasteiger partial charge in [0.05, 0.1) is 6.04 Å². The van der Waals surface area contributed by atoms with Crippen LogP contribution in [-0.4, -0.2) is 11.9 Å². The van der Waals surface area contributed by atoms with Crippen LogP contribution in [0.15, 0.2) is 48.5 Å². The van der Waals surface area contributed by atoms with Gasteiger partial charge in [0.1, 0.15) is 0 Å². The summed E-state index contributed by atoms with van der Waals surface area (Å²) in [5, 5.41) is 3.12. The highest BCUT2D eigenvalue weighted by Gasteiger charge is 2.18. The van der Waals surface area contributed by atoms with Crippen molar-refractivity contribution >= 4 is 17.2 Å². The number of rotatable bonds is 5. The molecule has 0 aliphatic carbocycles. The van der Waals surface area contributed by atoms with Gasteiger partial charge in [-0.15, -0.1) is 0 Å². The molecule has 3 N–H and O–H groups in total. The monoisotopic (exact) mass is 366 g/mol. The predicted octanol–water partition coefficient (Wildman–Crippen LogP) is 5.95. The Morgan fingerprint density at radius 2 is 1.67 bits per heavy atom. The summed E-state index contributed by atoms with van der Waals surface area (Å²) >= 11 is 0. The summed E-state index contributed by atoms with van der Waals surface area (Å²) in [7, 11) is 0. The minimum absolute atomic E-state index is 0.0984. The summed E-state index contributed by atoms with van der Waals surface area (Å²) in [5.74, 6) is 0.323. The second kappa shape index (κ2) is 10.6. The van der Waals surface area contributed by atoms with E-state index in [4.69, 9.17) is 5.73 Å². The smallest absolute Gasteiger partial charge is 0.252 e. The van der Waals surface area contributed by atoms with Gasteiger partial charge in [-0.1, -0.05) is 64.1 Å². The predicted molar refractivity (Wildman–Crippen MR) is 118 cm³/mol. The Morgan fingerprint density at radius 1 is 1.04 bits per heavy atom. The molecule has 146 valence electrons. The van der Waals surface area contributed by atoms with E-state index in [9.17, 15) is 4.79 Å². The molecule has 0 saturated carbocycles. The van der Waals surface area contributed by atoms with E-state index in [0.29, 0.717) is 17.2 Å². The van der Waals surface area contributed by atoms with E-state index < -0.39 is 0 Å². The summed E-state index contributed by atoms with van der Waals surface area (Å²) < 4.78 is 0. The molecule has 0 radical (unpaired) electrons. The lowest BCUT2D eigenvalue weighted by Crippen LogP contribution is -2.34. The zero-order valence-electron chi connectivity index (χ0n) is 17.8. The number of hydrogen-bond donors (Lipinski definition) is 2. The maximum atomic E-state index is 12.7. The maximum absolute atomic E-state index is 12.7. The molecule has 1 unspecified atom stereocenters. The summed E-state index contributed by atoms with van der Waals surface area (Å²) in [6.07, 6.45) is 2.08. The van der Waals surface area contributed by atoms with Crippen molar-refractivity contribution in [3.63, 3.8) is 0 Å². The first-order chi connectivity index (χ1) is 12.8. The Kier molecular flexibility index (Phi) is 8.80. The third-order valence-corrected chi connectivity index (χ3v) is 4.53. The molecule has 0 saturated heterocycles. The summed E-state index contributed by atoms with van der Waals surface area (Å²) in [6.45, 7) is 14.3. The van der Waals surface area contributed by atoms with Gasteiger partial charge in [-0.2, -0.15) is 0 Å². The Labute approximate surface area is 164 Å². The van der Waals surface area contributed by atoms with E-state index in [-0.39, 0.29) is 11.9 Å². The molecule has 1 amide bonds. The van der Waals surface area contributed by atoms with Crippen LogP contribution in [0.2, 0.25) is 0 Å².